The number of hydrogen-bond acceptors (Lipinski definition) is 14. The predicted octanol–water partition coefficient (Wildman–Crippen LogP) is 3.13. The Morgan fingerprint density at radius 3 is 2.57 bits per heavy atom. The van der Waals surface area contributed by atoms with Crippen LogP contribution in [-0.2, 0) is 24.0 Å². The van der Waals surface area contributed by atoms with E-state index in [2.05, 4.69) is 20.6 Å². The minimum atomic E-state index is -1.80. The van der Waals surface area contributed by atoms with Crippen molar-refractivity contribution in [2.24, 2.45) is 5.16 Å². The molecule has 2 amide bonds. The first-order chi connectivity index (χ1) is 22.1. The van der Waals surface area contributed by atoms with Crippen molar-refractivity contribution >= 4 is 87.0 Å². The highest BCUT2D eigenvalue weighted by atomic mass is 35.5. The lowest BCUT2D eigenvalue weighted by Crippen LogP contribution is -2.71. The fraction of sp³-hybridized carbons (Fsp3) is 0.222. The van der Waals surface area contributed by atoms with Crippen LogP contribution in [0.2, 0.25) is 10.0 Å². The van der Waals surface area contributed by atoms with E-state index in [4.69, 9.17) is 38.3 Å². The van der Waals surface area contributed by atoms with Crippen LogP contribution in [-0.4, -0.2) is 87.7 Å². The van der Waals surface area contributed by atoms with Gasteiger partial charge in [-0.2, -0.15) is 0 Å². The Morgan fingerprint density at radius 1 is 1.21 bits per heavy atom. The van der Waals surface area contributed by atoms with E-state index in [-0.39, 0.29) is 54.9 Å². The third-order valence-corrected chi connectivity index (χ3v) is 9.41. The monoisotopic (exact) mass is 724 g/mol. The van der Waals surface area contributed by atoms with E-state index in [0.29, 0.717) is 0 Å². The van der Waals surface area contributed by atoms with Gasteiger partial charge in [0, 0.05) is 22.8 Å². The lowest BCUT2D eigenvalue weighted by Gasteiger charge is -2.49. The van der Waals surface area contributed by atoms with E-state index in [1.54, 1.807) is 0 Å². The van der Waals surface area contributed by atoms with Gasteiger partial charge in [0.05, 0.1) is 10.0 Å². The summed E-state index contributed by atoms with van der Waals surface area (Å²) in [5.41, 5.74) is 3.69. The highest BCUT2D eigenvalue weighted by Crippen LogP contribution is 2.45. The summed E-state index contributed by atoms with van der Waals surface area (Å²) in [6, 6.07) is 1.56. The molecular formula is C27H22Cl2N6O10S2. The molecule has 4 heterocycles. The summed E-state index contributed by atoms with van der Waals surface area (Å²) in [6.07, 6.45) is 2.84. The number of fused-ring (bicyclic) bond motifs is 1. The molecule has 246 valence electrons. The summed E-state index contributed by atoms with van der Waals surface area (Å²) >= 11 is 14.2. The van der Waals surface area contributed by atoms with E-state index >= 15 is 0 Å². The number of amides is 2. The Labute approximate surface area is 282 Å². The lowest BCUT2D eigenvalue weighted by molar-refractivity contribution is -0.161. The van der Waals surface area contributed by atoms with Crippen molar-refractivity contribution in [3.63, 3.8) is 0 Å². The summed E-state index contributed by atoms with van der Waals surface area (Å²) in [5.74, 6) is -5.35. The second-order valence-electron chi connectivity index (χ2n) is 10.3. The van der Waals surface area contributed by atoms with Crippen molar-refractivity contribution in [1.29, 1.82) is 0 Å². The van der Waals surface area contributed by atoms with Gasteiger partial charge < -0.3 is 40.8 Å². The molecule has 0 radical (unpaired) electrons. The van der Waals surface area contributed by atoms with Crippen molar-refractivity contribution in [2.75, 3.05) is 11.5 Å². The van der Waals surface area contributed by atoms with Crippen LogP contribution in [0, 0.1) is 0 Å². The zero-order chi connectivity index (χ0) is 34.4. The van der Waals surface area contributed by atoms with Gasteiger partial charge in [-0.3, -0.25) is 14.5 Å². The first-order valence-corrected chi connectivity index (χ1v) is 15.8. The number of oxime groups is 1. The topological polar surface area (TPSA) is 251 Å². The Kier molecular flexibility index (Phi) is 9.13. The highest BCUT2D eigenvalue weighted by Gasteiger charge is 2.54. The van der Waals surface area contributed by atoms with Gasteiger partial charge in [-0.05, 0) is 31.6 Å². The number of nitrogens with two attached hydrogens (primary N) is 1. The van der Waals surface area contributed by atoms with E-state index < -0.39 is 58.0 Å². The molecular weight excluding hydrogens is 703 g/mol. The first-order valence-electron chi connectivity index (χ1n) is 13.1. The molecule has 2 atom stereocenters. The Bertz CT molecular complexity index is 1920. The normalized spacial score (nSPS) is 18.3. The fourth-order valence-corrected chi connectivity index (χ4v) is 6.55. The molecule has 1 fully saturated rings. The molecule has 2 aromatic heterocycles. The summed E-state index contributed by atoms with van der Waals surface area (Å²) in [4.78, 5) is 60.3. The number of aromatic nitrogens is 2. The number of aromatic hydroxyl groups is 2. The molecule has 2 aliphatic heterocycles. The molecule has 5 rings (SSSR count). The SMILES string of the molecule is CC(C)(O/N=C(/C(=O)N[C@@H]1C(=O)N2C(C(=O)O)=C(/C=C/c3cc(-c4cc(Cl)c(O)c(O)c4Cl)no3)CS[C@H]12)c1csc(N)n1)C(=O)O. The van der Waals surface area contributed by atoms with Gasteiger partial charge in [0.15, 0.2) is 28.1 Å². The number of benzene rings is 1. The summed E-state index contributed by atoms with van der Waals surface area (Å²) in [7, 11) is 0. The van der Waals surface area contributed by atoms with Crippen molar-refractivity contribution in [3.05, 3.63) is 56.4 Å². The van der Waals surface area contributed by atoms with Crippen LogP contribution < -0.4 is 11.1 Å². The average Bonchev–Trinajstić information content (AvgIpc) is 3.67. The van der Waals surface area contributed by atoms with Gasteiger partial charge in [-0.1, -0.05) is 39.6 Å². The number of β-lactam (4-membered cyclic amide) rings is 1. The molecule has 1 aromatic carbocycles. The van der Waals surface area contributed by atoms with Gasteiger partial charge in [0.1, 0.15) is 28.5 Å². The Morgan fingerprint density at radius 2 is 1.94 bits per heavy atom. The summed E-state index contributed by atoms with van der Waals surface area (Å²) < 4.78 is 5.28. The number of halogens is 2. The standard InChI is InChI=1S/C27H22Cl2N6O10S2/c1-27(2,25(42)43)45-34-16(14-8-47-26(30)31-14)21(38)32-17-22(39)35-18(24(40)41)9(7-46-23(17)35)3-4-10-5-13(33-44-10)11-6-12(28)19(36)20(37)15(11)29/h3-6,8,17,23,36-37H,7H2,1-2H3,(H2,30,31)(H,32,38)(H,40,41)(H,42,43)/b4-3+,34-16+/t17-,23-/m1/s1. The molecule has 47 heavy (non-hydrogen) atoms. The molecule has 20 heteroatoms. The summed E-state index contributed by atoms with van der Waals surface area (Å²) in [5, 5.41) is 49.5. The Hall–Kier alpha value is -4.78. The molecule has 0 unspecified atom stereocenters. The maximum atomic E-state index is 13.3. The third kappa shape index (κ3) is 6.44. The number of carbonyl (C=O) groups excluding carboxylic acids is 2. The fourth-order valence-electron chi connectivity index (χ4n) is 4.25. The minimum absolute atomic E-state index is 0.0205. The van der Waals surface area contributed by atoms with Gasteiger partial charge in [0.25, 0.3) is 11.8 Å². The van der Waals surface area contributed by atoms with Gasteiger partial charge >= 0.3 is 11.9 Å². The number of rotatable bonds is 10. The second-order valence-corrected chi connectivity index (χ2v) is 13.1. The second kappa shape index (κ2) is 12.8. The van der Waals surface area contributed by atoms with E-state index in [1.807, 2.05) is 0 Å². The molecule has 0 bridgehead atoms. The summed E-state index contributed by atoms with van der Waals surface area (Å²) in [6.45, 7) is 2.44. The van der Waals surface area contributed by atoms with E-state index in [9.17, 15) is 39.6 Å². The maximum Gasteiger partial charge on any atom is 0.352 e. The number of carboxylic acids is 2. The zero-order valence-corrected chi connectivity index (χ0v) is 27.1. The van der Waals surface area contributed by atoms with Crippen LogP contribution in [0.4, 0.5) is 5.13 Å². The van der Waals surface area contributed by atoms with Crippen LogP contribution in [0.1, 0.15) is 25.3 Å². The number of carboxylic acid groups (broad SMARTS) is 2. The van der Waals surface area contributed by atoms with E-state index in [1.165, 1.54) is 55.3 Å². The van der Waals surface area contributed by atoms with Crippen molar-refractivity contribution < 1.29 is 49.0 Å². The van der Waals surface area contributed by atoms with Crippen molar-refractivity contribution in [2.45, 2.75) is 30.9 Å². The lowest BCUT2D eigenvalue weighted by atomic mass is 10.0. The number of phenols is 2. The largest absolute Gasteiger partial charge is 0.503 e. The number of anilines is 1. The van der Waals surface area contributed by atoms with Gasteiger partial charge in [-0.25, -0.2) is 14.6 Å². The number of nitrogens with one attached hydrogen (secondary N) is 1. The van der Waals surface area contributed by atoms with E-state index in [0.717, 1.165) is 16.2 Å². The average molecular weight is 726 g/mol. The molecule has 16 nitrogen and oxygen atoms in total. The maximum absolute atomic E-state index is 13.3. The van der Waals surface area contributed by atoms with Crippen LogP contribution >= 0.6 is 46.3 Å². The molecule has 0 spiro atoms. The number of phenolic OH excluding ortho intramolecular Hbond substituents is 2. The van der Waals surface area contributed by atoms with Gasteiger partial charge in [-0.15, -0.1) is 23.1 Å². The third-order valence-electron chi connectivity index (χ3n) is 6.77. The smallest absolute Gasteiger partial charge is 0.352 e. The molecule has 3 aromatic rings. The first kappa shape index (κ1) is 33.6. The molecule has 0 saturated carbocycles. The number of hydrogen-bond donors (Lipinski definition) is 6. The number of thiazole rings is 1. The quantitative estimate of drug-likeness (QED) is 0.0761. The Balaban J connectivity index is 1.35. The van der Waals surface area contributed by atoms with Crippen LogP contribution in [0.15, 0.2) is 44.5 Å². The number of thioether (sulfide) groups is 1. The number of aliphatic carboxylic acids is 2. The number of nitrogen functional groups attached to an aromatic ring is 1. The number of allylic oxidation sites excluding steroid dienone is 1. The van der Waals surface area contributed by atoms with Crippen molar-refractivity contribution in [3.8, 4) is 22.8 Å². The molecule has 7 N–H and O–H groups in total. The highest BCUT2D eigenvalue weighted by molar-refractivity contribution is 8.00. The number of nitrogens with zero attached hydrogens (tertiary/aromatic N) is 4. The van der Waals surface area contributed by atoms with Crippen molar-refractivity contribution in [1.82, 2.24) is 20.4 Å². The van der Waals surface area contributed by atoms with Gasteiger partial charge in [0.2, 0.25) is 5.60 Å². The zero-order valence-electron chi connectivity index (χ0n) is 23.9. The molecule has 2 aliphatic rings. The predicted molar refractivity (Wildman–Crippen MR) is 170 cm³/mol. The molecule has 1 saturated heterocycles. The van der Waals surface area contributed by atoms with Crippen LogP contribution in [0.25, 0.3) is 17.3 Å². The number of carbonyl (C=O) groups is 4. The van der Waals surface area contributed by atoms with Crippen LogP contribution in [0.3, 0.4) is 0 Å². The molecule has 0 aliphatic carbocycles. The van der Waals surface area contributed by atoms with Crippen LogP contribution in [0.5, 0.6) is 11.5 Å². The minimum Gasteiger partial charge on any atom is -0.503 e.